The predicted octanol–water partition coefficient (Wildman–Crippen LogP) is 1.41. The van der Waals surface area contributed by atoms with E-state index in [9.17, 15) is 4.79 Å². The van der Waals surface area contributed by atoms with E-state index in [2.05, 4.69) is 41.0 Å². The smallest absolute Gasteiger partial charge is 0.207 e. The van der Waals surface area contributed by atoms with Crippen LogP contribution in [0.5, 0.6) is 0 Å². The van der Waals surface area contributed by atoms with E-state index in [1.54, 1.807) is 7.05 Å². The summed E-state index contributed by atoms with van der Waals surface area (Å²) in [6.45, 7) is 11.1. The van der Waals surface area contributed by atoms with E-state index in [1.165, 1.54) is 39.1 Å². The van der Waals surface area contributed by atoms with Crippen molar-refractivity contribution >= 4 is 12.1 Å². The Labute approximate surface area is 130 Å². The van der Waals surface area contributed by atoms with E-state index in [4.69, 9.17) is 0 Å². The number of carbonyl (C=O) groups excluding carboxylic acids is 1. The molecule has 1 aliphatic heterocycles. The first-order valence-electron chi connectivity index (χ1n) is 7.88. The maximum absolute atomic E-state index is 9.91. The summed E-state index contributed by atoms with van der Waals surface area (Å²) in [5.74, 6) is 0. The van der Waals surface area contributed by atoms with Crippen molar-refractivity contribution in [2.45, 2.75) is 26.7 Å². The minimum absolute atomic E-state index is 0.510. The van der Waals surface area contributed by atoms with E-state index in [0.29, 0.717) is 13.0 Å². The molecule has 21 heavy (non-hydrogen) atoms. The van der Waals surface area contributed by atoms with Crippen LogP contribution in [0.25, 0.3) is 0 Å². The van der Waals surface area contributed by atoms with Gasteiger partial charge in [0.15, 0.2) is 0 Å². The third kappa shape index (κ3) is 11.2. The molecule has 0 spiro atoms. The van der Waals surface area contributed by atoms with E-state index < -0.39 is 0 Å². The normalized spacial score (nSPS) is 17.4. The van der Waals surface area contributed by atoms with Gasteiger partial charge in [-0.2, -0.15) is 0 Å². The third-order valence-corrected chi connectivity index (χ3v) is 3.34. The van der Waals surface area contributed by atoms with Crippen LogP contribution in [0.2, 0.25) is 0 Å². The van der Waals surface area contributed by atoms with Gasteiger partial charge in [-0.15, -0.1) is 0 Å². The van der Waals surface area contributed by atoms with Crippen molar-refractivity contribution in [1.82, 2.24) is 15.1 Å². The molecular formula is C16H32N4O. The van der Waals surface area contributed by atoms with Crippen molar-refractivity contribution in [2.75, 3.05) is 53.4 Å². The lowest BCUT2D eigenvalue weighted by atomic mass is 10.3. The molecule has 0 aromatic rings. The van der Waals surface area contributed by atoms with Crippen LogP contribution in [0, 0.1) is 0 Å². The van der Waals surface area contributed by atoms with Crippen molar-refractivity contribution in [3.63, 3.8) is 0 Å². The van der Waals surface area contributed by atoms with Gasteiger partial charge >= 0.3 is 0 Å². The predicted molar refractivity (Wildman–Crippen MR) is 91.1 cm³/mol. The molecule has 0 unspecified atom stereocenters. The zero-order chi connectivity index (χ0) is 15.9. The van der Waals surface area contributed by atoms with E-state index >= 15 is 0 Å². The van der Waals surface area contributed by atoms with Gasteiger partial charge in [-0.3, -0.25) is 9.79 Å². The summed E-state index contributed by atoms with van der Waals surface area (Å²) < 4.78 is 0. The molecule has 0 saturated carbocycles. The highest BCUT2D eigenvalue weighted by Gasteiger charge is 2.11. The molecule has 0 bridgehead atoms. The minimum atomic E-state index is 0.510. The number of rotatable bonds is 7. The standard InChI is InChI=1S/C8H14N2O.C8H18N2/c1-3-4-5-8(9-2)6-10-7-11;1-3-4-10-7-5-9(2)6-8-10/h4-5,7H,3,6H2,1-2H3,(H,10,11);3-8H2,1-2H3/b5-4-,9-8?;. The molecule has 0 aromatic heterocycles. The number of nitrogens with one attached hydrogen (secondary N) is 1. The summed E-state index contributed by atoms with van der Waals surface area (Å²) in [5, 5.41) is 2.55. The van der Waals surface area contributed by atoms with Crippen LogP contribution in [0.15, 0.2) is 17.1 Å². The molecule has 1 heterocycles. The van der Waals surface area contributed by atoms with Crippen LogP contribution < -0.4 is 5.32 Å². The van der Waals surface area contributed by atoms with Gasteiger partial charge in [0.25, 0.3) is 0 Å². The average molecular weight is 296 g/mol. The highest BCUT2D eigenvalue weighted by Crippen LogP contribution is 1.98. The van der Waals surface area contributed by atoms with Crippen LogP contribution in [0.4, 0.5) is 0 Å². The number of hydrogen-bond donors (Lipinski definition) is 1. The van der Waals surface area contributed by atoms with Crippen LogP contribution in [-0.2, 0) is 4.79 Å². The van der Waals surface area contributed by atoms with Gasteiger partial charge in [0, 0.05) is 33.2 Å². The van der Waals surface area contributed by atoms with Crippen LogP contribution >= 0.6 is 0 Å². The summed E-state index contributed by atoms with van der Waals surface area (Å²) in [7, 11) is 3.91. The molecule has 5 nitrogen and oxygen atoms in total. The van der Waals surface area contributed by atoms with Gasteiger partial charge in [0.2, 0.25) is 6.41 Å². The van der Waals surface area contributed by atoms with Gasteiger partial charge in [0.05, 0.1) is 12.3 Å². The maximum atomic E-state index is 9.91. The number of piperazine rings is 1. The molecule has 1 N–H and O–H groups in total. The molecule has 0 aromatic carbocycles. The number of amides is 1. The number of nitrogens with zero attached hydrogens (tertiary/aromatic N) is 3. The Kier molecular flexibility index (Phi) is 13.0. The summed E-state index contributed by atoms with van der Waals surface area (Å²) in [4.78, 5) is 18.8. The highest BCUT2D eigenvalue weighted by molar-refractivity contribution is 5.97. The van der Waals surface area contributed by atoms with E-state index in [0.717, 1.165) is 12.1 Å². The lowest BCUT2D eigenvalue weighted by molar-refractivity contribution is -0.109. The number of likely N-dealkylation sites (N-methyl/N-ethyl adjacent to an activating group) is 1. The van der Waals surface area contributed by atoms with E-state index in [-0.39, 0.29) is 0 Å². The first kappa shape index (κ1) is 19.8. The summed E-state index contributed by atoms with van der Waals surface area (Å²) in [5.41, 5.74) is 0.888. The molecule has 1 rings (SSSR count). The molecule has 1 amide bonds. The number of allylic oxidation sites excluding steroid dienone is 1. The molecule has 5 heteroatoms. The van der Waals surface area contributed by atoms with Crippen molar-refractivity contribution < 1.29 is 4.79 Å². The summed E-state index contributed by atoms with van der Waals surface area (Å²) in [6, 6.07) is 0. The van der Waals surface area contributed by atoms with Gasteiger partial charge < -0.3 is 15.1 Å². The van der Waals surface area contributed by atoms with Crippen molar-refractivity contribution in [3.05, 3.63) is 12.2 Å². The first-order chi connectivity index (χ1) is 10.2. The molecule has 122 valence electrons. The first-order valence-corrected chi connectivity index (χ1v) is 7.88. The molecule has 1 fully saturated rings. The zero-order valence-corrected chi connectivity index (χ0v) is 14.1. The molecule has 0 radical (unpaired) electrons. The molecular weight excluding hydrogens is 264 g/mol. The lowest BCUT2D eigenvalue weighted by Crippen LogP contribution is -2.44. The second-order valence-corrected chi connectivity index (χ2v) is 5.17. The Hall–Kier alpha value is -1.20. The summed E-state index contributed by atoms with van der Waals surface area (Å²) >= 11 is 0. The topological polar surface area (TPSA) is 47.9 Å². The second kappa shape index (κ2) is 13.8. The Morgan fingerprint density at radius 3 is 2.38 bits per heavy atom. The Morgan fingerprint density at radius 1 is 1.24 bits per heavy atom. The van der Waals surface area contributed by atoms with Gasteiger partial charge in [0.1, 0.15) is 0 Å². The largest absolute Gasteiger partial charge is 0.353 e. The van der Waals surface area contributed by atoms with Gasteiger partial charge in [-0.05, 0) is 32.5 Å². The molecule has 1 aliphatic rings. The van der Waals surface area contributed by atoms with Crippen molar-refractivity contribution in [2.24, 2.45) is 4.99 Å². The molecule has 0 atom stereocenters. The second-order valence-electron chi connectivity index (χ2n) is 5.17. The van der Waals surface area contributed by atoms with Crippen molar-refractivity contribution in [3.8, 4) is 0 Å². The van der Waals surface area contributed by atoms with Crippen molar-refractivity contribution in [1.29, 1.82) is 0 Å². The fourth-order valence-corrected chi connectivity index (χ4v) is 2.00. The van der Waals surface area contributed by atoms with Crippen LogP contribution in [0.3, 0.4) is 0 Å². The van der Waals surface area contributed by atoms with E-state index in [1.807, 2.05) is 12.2 Å². The quantitative estimate of drug-likeness (QED) is 0.571. The summed E-state index contributed by atoms with van der Waals surface area (Å²) in [6.07, 6.45) is 6.88. The van der Waals surface area contributed by atoms with Crippen LogP contribution in [0.1, 0.15) is 26.7 Å². The third-order valence-electron chi connectivity index (χ3n) is 3.34. The maximum Gasteiger partial charge on any atom is 0.207 e. The SMILES string of the molecule is CC/C=C\C(CNC=O)=NC.CCCN1CCN(C)CC1. The van der Waals surface area contributed by atoms with Gasteiger partial charge in [-0.1, -0.05) is 19.9 Å². The fourth-order valence-electron chi connectivity index (χ4n) is 2.00. The molecule has 0 aliphatic carbocycles. The fraction of sp³-hybridized carbons (Fsp3) is 0.750. The molecule has 1 saturated heterocycles. The highest BCUT2D eigenvalue weighted by atomic mass is 16.1. The monoisotopic (exact) mass is 296 g/mol. The van der Waals surface area contributed by atoms with Gasteiger partial charge in [-0.25, -0.2) is 0 Å². The minimum Gasteiger partial charge on any atom is -0.353 e. The lowest BCUT2D eigenvalue weighted by Gasteiger charge is -2.31. The number of carbonyl (C=O) groups is 1. The van der Waals surface area contributed by atoms with Crippen LogP contribution in [-0.4, -0.2) is 75.3 Å². The number of hydrogen-bond acceptors (Lipinski definition) is 4. The zero-order valence-electron chi connectivity index (χ0n) is 14.1. The number of aliphatic imine (C=N–C) groups is 1. The Balaban J connectivity index is 0.000000382. The Bertz CT molecular complexity index is 307. The average Bonchev–Trinajstić information content (AvgIpc) is 2.51. The Morgan fingerprint density at radius 2 is 1.90 bits per heavy atom.